The summed E-state index contributed by atoms with van der Waals surface area (Å²) < 4.78 is 6.68. The highest BCUT2D eigenvalue weighted by Gasteiger charge is 2.11. The van der Waals surface area contributed by atoms with E-state index in [-0.39, 0.29) is 18.0 Å². The molecule has 8 heteroatoms. The first-order valence-electron chi connectivity index (χ1n) is 7.95. The number of nitrogens with one attached hydrogen (secondary N) is 3. The van der Waals surface area contributed by atoms with E-state index in [0.717, 1.165) is 5.56 Å². The second-order valence-electron chi connectivity index (χ2n) is 5.58. The Hall–Kier alpha value is -2.87. The van der Waals surface area contributed by atoms with Crippen molar-refractivity contribution in [3.63, 3.8) is 0 Å². The van der Waals surface area contributed by atoms with E-state index in [1.54, 1.807) is 30.1 Å². The Balaban J connectivity index is 1.91. The van der Waals surface area contributed by atoms with Crippen LogP contribution in [0.4, 0.5) is 16.3 Å². The Morgan fingerprint density at radius 3 is 2.80 bits per heavy atom. The molecule has 1 atom stereocenters. The fourth-order valence-electron chi connectivity index (χ4n) is 2.26. The second-order valence-corrected chi connectivity index (χ2v) is 5.58. The van der Waals surface area contributed by atoms with Gasteiger partial charge in [0.25, 0.3) is 0 Å². The summed E-state index contributed by atoms with van der Waals surface area (Å²) >= 11 is 0. The van der Waals surface area contributed by atoms with Gasteiger partial charge in [-0.15, -0.1) is 0 Å². The van der Waals surface area contributed by atoms with E-state index in [9.17, 15) is 9.59 Å². The quantitative estimate of drug-likeness (QED) is 0.717. The number of anilines is 2. The molecule has 0 saturated heterocycles. The van der Waals surface area contributed by atoms with Gasteiger partial charge in [0.1, 0.15) is 0 Å². The molecule has 134 valence electrons. The van der Waals surface area contributed by atoms with Gasteiger partial charge in [0.15, 0.2) is 5.82 Å². The van der Waals surface area contributed by atoms with Gasteiger partial charge in [0, 0.05) is 32.0 Å². The summed E-state index contributed by atoms with van der Waals surface area (Å²) in [7, 11) is 1.62. The lowest BCUT2D eigenvalue weighted by molar-refractivity contribution is -0.114. The van der Waals surface area contributed by atoms with Crippen LogP contribution < -0.4 is 16.0 Å². The smallest absolute Gasteiger partial charge is 0.320 e. The third-order valence-electron chi connectivity index (χ3n) is 3.46. The van der Waals surface area contributed by atoms with E-state index in [4.69, 9.17) is 4.74 Å². The average molecular weight is 345 g/mol. The van der Waals surface area contributed by atoms with E-state index in [2.05, 4.69) is 21.0 Å². The molecule has 0 aliphatic rings. The maximum atomic E-state index is 12.1. The Morgan fingerprint density at radius 2 is 2.08 bits per heavy atom. The second kappa shape index (κ2) is 8.84. The molecule has 0 aliphatic carbocycles. The Morgan fingerprint density at radius 1 is 1.28 bits per heavy atom. The largest absolute Gasteiger partial charge is 0.383 e. The van der Waals surface area contributed by atoms with Gasteiger partial charge in [-0.3, -0.25) is 14.8 Å². The summed E-state index contributed by atoms with van der Waals surface area (Å²) in [5, 5.41) is 12.5. The number of benzene rings is 1. The molecule has 0 fully saturated rings. The highest BCUT2D eigenvalue weighted by Crippen LogP contribution is 2.17. The molecule has 8 nitrogen and oxygen atoms in total. The zero-order valence-corrected chi connectivity index (χ0v) is 14.6. The van der Waals surface area contributed by atoms with Crippen molar-refractivity contribution in [2.45, 2.75) is 26.4 Å². The van der Waals surface area contributed by atoms with Crippen LogP contribution in [0.3, 0.4) is 0 Å². The number of hydrogen-bond acceptors (Lipinski definition) is 4. The molecule has 0 bridgehead atoms. The minimum absolute atomic E-state index is 0.139. The maximum absolute atomic E-state index is 12.1. The lowest BCUT2D eigenvalue weighted by Crippen LogP contribution is -2.31. The third-order valence-corrected chi connectivity index (χ3v) is 3.46. The summed E-state index contributed by atoms with van der Waals surface area (Å²) in [6.45, 7) is 4.48. The number of urea groups is 1. The molecule has 3 N–H and O–H groups in total. The number of nitrogens with zero attached hydrogens (tertiary/aromatic N) is 2. The number of aromatic nitrogens is 2. The van der Waals surface area contributed by atoms with Crippen molar-refractivity contribution in [3.8, 4) is 0 Å². The first kappa shape index (κ1) is 18.5. The molecular formula is C17H23N5O3. The van der Waals surface area contributed by atoms with Crippen molar-refractivity contribution >= 4 is 23.4 Å². The number of rotatable bonds is 7. The summed E-state index contributed by atoms with van der Waals surface area (Å²) in [5.41, 5.74) is 1.57. The van der Waals surface area contributed by atoms with Crippen molar-refractivity contribution in [2.75, 3.05) is 24.4 Å². The first-order valence-corrected chi connectivity index (χ1v) is 7.95. The van der Waals surface area contributed by atoms with Gasteiger partial charge in [-0.2, -0.15) is 5.10 Å². The lowest BCUT2D eigenvalue weighted by atomic mass is 10.1. The van der Waals surface area contributed by atoms with Crippen molar-refractivity contribution in [1.29, 1.82) is 0 Å². The number of methoxy groups -OCH3 is 1. The van der Waals surface area contributed by atoms with E-state index in [1.807, 2.05) is 25.1 Å². The molecule has 1 aromatic carbocycles. The molecule has 0 radical (unpaired) electrons. The zero-order valence-electron chi connectivity index (χ0n) is 14.6. The van der Waals surface area contributed by atoms with Gasteiger partial charge in [-0.25, -0.2) is 4.79 Å². The highest BCUT2D eigenvalue weighted by atomic mass is 16.5. The molecule has 1 aromatic heterocycles. The number of carbonyl (C=O) groups excluding carboxylic acids is 2. The molecule has 25 heavy (non-hydrogen) atoms. The van der Waals surface area contributed by atoms with E-state index in [1.165, 1.54) is 6.92 Å². The van der Waals surface area contributed by atoms with Gasteiger partial charge in [0.05, 0.1) is 19.2 Å². The Kier molecular flexibility index (Phi) is 6.53. The molecule has 2 rings (SSSR count). The zero-order chi connectivity index (χ0) is 18.2. The van der Waals surface area contributed by atoms with Crippen LogP contribution in [-0.2, 0) is 16.1 Å². The van der Waals surface area contributed by atoms with Crippen LogP contribution in [0.5, 0.6) is 0 Å². The molecule has 0 spiro atoms. The van der Waals surface area contributed by atoms with Gasteiger partial charge in [-0.05, 0) is 24.6 Å². The number of hydrogen-bond donors (Lipinski definition) is 3. The van der Waals surface area contributed by atoms with Crippen molar-refractivity contribution < 1.29 is 14.3 Å². The predicted octanol–water partition coefficient (Wildman–Crippen LogP) is 2.37. The fourth-order valence-corrected chi connectivity index (χ4v) is 2.26. The summed E-state index contributed by atoms with van der Waals surface area (Å²) in [5.74, 6) is 0.326. The topological polar surface area (TPSA) is 97.3 Å². The molecule has 2 aromatic rings. The molecule has 3 amide bonds. The minimum Gasteiger partial charge on any atom is -0.383 e. The monoisotopic (exact) mass is 345 g/mol. The SMILES string of the molecule is COCCn1ccc(NC(=O)NC(C)c2cccc(NC(C)=O)c2)n1. The van der Waals surface area contributed by atoms with Gasteiger partial charge in [-0.1, -0.05) is 12.1 Å². The van der Waals surface area contributed by atoms with E-state index < -0.39 is 0 Å². The van der Waals surface area contributed by atoms with Crippen molar-refractivity contribution in [1.82, 2.24) is 15.1 Å². The predicted molar refractivity (Wildman–Crippen MR) is 95.4 cm³/mol. The maximum Gasteiger partial charge on any atom is 0.320 e. The van der Waals surface area contributed by atoms with Gasteiger partial charge >= 0.3 is 6.03 Å². The third kappa shape index (κ3) is 5.92. The van der Waals surface area contributed by atoms with Crippen LogP contribution in [0.15, 0.2) is 36.5 Å². The van der Waals surface area contributed by atoms with Crippen LogP contribution in [0.25, 0.3) is 0 Å². The van der Waals surface area contributed by atoms with E-state index in [0.29, 0.717) is 24.7 Å². The van der Waals surface area contributed by atoms with Crippen LogP contribution in [0.1, 0.15) is 25.5 Å². The summed E-state index contributed by atoms with van der Waals surface area (Å²) in [6.07, 6.45) is 1.77. The minimum atomic E-state index is -0.352. The normalized spacial score (nSPS) is 11.6. The first-order chi connectivity index (χ1) is 12.0. The van der Waals surface area contributed by atoms with Crippen LogP contribution in [0.2, 0.25) is 0 Å². The molecule has 1 unspecified atom stereocenters. The standard InChI is InChI=1S/C17H23N5O3/c1-12(14-5-4-6-15(11-14)19-13(2)23)18-17(24)20-16-7-8-22(21-16)9-10-25-3/h4-8,11-12H,9-10H2,1-3H3,(H,19,23)(H2,18,20,21,24). The molecule has 0 saturated carbocycles. The molecular weight excluding hydrogens is 322 g/mol. The van der Waals surface area contributed by atoms with Crippen molar-refractivity contribution in [2.24, 2.45) is 0 Å². The average Bonchev–Trinajstić information content (AvgIpc) is 2.99. The summed E-state index contributed by atoms with van der Waals surface area (Å²) in [4.78, 5) is 23.3. The van der Waals surface area contributed by atoms with Crippen LogP contribution >= 0.6 is 0 Å². The van der Waals surface area contributed by atoms with Crippen molar-refractivity contribution in [3.05, 3.63) is 42.1 Å². The Labute approximate surface area is 146 Å². The van der Waals surface area contributed by atoms with Gasteiger partial charge in [0.2, 0.25) is 5.91 Å². The molecule has 0 aliphatic heterocycles. The fraction of sp³-hybridized carbons (Fsp3) is 0.353. The number of ether oxygens (including phenoxy) is 1. The van der Waals surface area contributed by atoms with E-state index >= 15 is 0 Å². The lowest BCUT2D eigenvalue weighted by Gasteiger charge is -2.15. The van der Waals surface area contributed by atoms with Gasteiger partial charge < -0.3 is 15.4 Å². The molecule has 1 heterocycles. The summed E-state index contributed by atoms with van der Waals surface area (Å²) in [6, 6.07) is 8.47. The number of carbonyl (C=O) groups is 2. The highest BCUT2D eigenvalue weighted by molar-refractivity contribution is 5.89. The number of amides is 3. The van der Waals surface area contributed by atoms with Crippen LogP contribution in [0, 0.1) is 0 Å². The Bertz CT molecular complexity index is 729. The van der Waals surface area contributed by atoms with Crippen LogP contribution in [-0.4, -0.2) is 35.4 Å².